The lowest BCUT2D eigenvalue weighted by molar-refractivity contribution is 0.102. The lowest BCUT2D eigenvalue weighted by atomic mass is 10.1. The Labute approximate surface area is 166 Å². The van der Waals surface area contributed by atoms with Gasteiger partial charge >= 0.3 is 0 Å². The van der Waals surface area contributed by atoms with Crippen LogP contribution >= 0.6 is 11.8 Å². The SMILES string of the molecule is CCn1c(CS(=O)(=O)c2ccccc2)nnc1SCC(=O)c1ccc(F)cc1. The van der Waals surface area contributed by atoms with Crippen molar-refractivity contribution >= 4 is 27.4 Å². The summed E-state index contributed by atoms with van der Waals surface area (Å²) in [4.78, 5) is 12.5. The van der Waals surface area contributed by atoms with Crippen molar-refractivity contribution in [3.8, 4) is 0 Å². The molecule has 0 aliphatic heterocycles. The summed E-state index contributed by atoms with van der Waals surface area (Å²) in [5.74, 6) is -0.434. The molecule has 0 spiro atoms. The second kappa shape index (κ2) is 8.66. The standard InChI is InChI=1S/C19H18FN3O3S2/c1-2-23-18(13-28(25,26)16-6-4-3-5-7-16)21-22-19(23)27-12-17(24)14-8-10-15(20)11-9-14/h3-11H,2,12-13H2,1H3. The van der Waals surface area contributed by atoms with Crippen molar-refractivity contribution in [3.63, 3.8) is 0 Å². The summed E-state index contributed by atoms with van der Waals surface area (Å²) >= 11 is 1.17. The molecule has 0 aliphatic rings. The van der Waals surface area contributed by atoms with Gasteiger partial charge in [0.25, 0.3) is 0 Å². The van der Waals surface area contributed by atoms with Gasteiger partial charge in [-0.15, -0.1) is 10.2 Å². The van der Waals surface area contributed by atoms with E-state index in [2.05, 4.69) is 10.2 Å². The minimum absolute atomic E-state index is 0.0925. The van der Waals surface area contributed by atoms with E-state index in [1.54, 1.807) is 34.9 Å². The molecule has 28 heavy (non-hydrogen) atoms. The molecule has 1 heterocycles. The van der Waals surface area contributed by atoms with Crippen LogP contribution in [0, 0.1) is 5.82 Å². The molecule has 6 nitrogen and oxygen atoms in total. The van der Waals surface area contributed by atoms with Gasteiger partial charge in [0.05, 0.1) is 10.6 Å². The van der Waals surface area contributed by atoms with E-state index in [1.165, 1.54) is 36.0 Å². The van der Waals surface area contributed by atoms with E-state index in [0.29, 0.717) is 23.1 Å². The molecule has 0 aliphatic carbocycles. The Hall–Kier alpha value is -2.52. The number of hydrogen-bond donors (Lipinski definition) is 0. The van der Waals surface area contributed by atoms with Gasteiger partial charge in [-0.05, 0) is 43.3 Å². The Kier molecular flexibility index (Phi) is 6.25. The molecule has 0 saturated heterocycles. The number of hydrogen-bond acceptors (Lipinski definition) is 6. The van der Waals surface area contributed by atoms with Crippen LogP contribution in [0.25, 0.3) is 0 Å². The number of sulfone groups is 1. The zero-order valence-corrected chi connectivity index (χ0v) is 16.7. The molecular formula is C19H18FN3O3S2. The average Bonchev–Trinajstić information content (AvgIpc) is 3.08. The molecule has 0 amide bonds. The molecule has 3 rings (SSSR count). The van der Waals surface area contributed by atoms with Crippen LogP contribution in [-0.2, 0) is 22.1 Å². The van der Waals surface area contributed by atoms with Crippen molar-refractivity contribution in [1.82, 2.24) is 14.8 Å². The molecule has 0 atom stereocenters. The first-order valence-corrected chi connectivity index (χ1v) is 11.2. The molecule has 0 unspecified atom stereocenters. The van der Waals surface area contributed by atoms with Crippen LogP contribution in [-0.4, -0.2) is 34.7 Å². The summed E-state index contributed by atoms with van der Waals surface area (Å²) in [6.45, 7) is 2.33. The maximum Gasteiger partial charge on any atom is 0.191 e. The van der Waals surface area contributed by atoms with Gasteiger partial charge in [0.15, 0.2) is 20.8 Å². The first-order chi connectivity index (χ1) is 13.4. The van der Waals surface area contributed by atoms with E-state index < -0.39 is 15.7 Å². The van der Waals surface area contributed by atoms with Crippen LogP contribution < -0.4 is 0 Å². The molecule has 0 bridgehead atoms. The Morgan fingerprint density at radius 3 is 2.39 bits per heavy atom. The molecule has 3 aromatic rings. The fraction of sp³-hybridized carbons (Fsp3) is 0.211. The Balaban J connectivity index is 1.73. The van der Waals surface area contributed by atoms with Crippen molar-refractivity contribution < 1.29 is 17.6 Å². The van der Waals surface area contributed by atoms with E-state index in [9.17, 15) is 17.6 Å². The molecule has 146 valence electrons. The normalized spacial score (nSPS) is 11.5. The van der Waals surface area contributed by atoms with Gasteiger partial charge in [-0.25, -0.2) is 12.8 Å². The summed E-state index contributed by atoms with van der Waals surface area (Å²) in [5, 5.41) is 8.52. The summed E-state index contributed by atoms with van der Waals surface area (Å²) in [5.41, 5.74) is 0.406. The number of thioether (sulfide) groups is 1. The monoisotopic (exact) mass is 419 g/mol. The van der Waals surface area contributed by atoms with Crippen molar-refractivity contribution in [2.24, 2.45) is 0 Å². The Bertz CT molecular complexity index is 1070. The number of Topliss-reactive ketones (excluding diaryl/α,β-unsaturated/α-hetero) is 1. The van der Waals surface area contributed by atoms with Crippen molar-refractivity contribution in [2.45, 2.75) is 29.3 Å². The molecule has 0 saturated carbocycles. The van der Waals surface area contributed by atoms with Crippen LogP contribution in [0.5, 0.6) is 0 Å². The lowest BCUT2D eigenvalue weighted by Gasteiger charge is -2.08. The first-order valence-electron chi connectivity index (χ1n) is 8.52. The molecule has 2 aromatic carbocycles. The number of carbonyl (C=O) groups is 1. The molecule has 0 N–H and O–H groups in total. The zero-order valence-electron chi connectivity index (χ0n) is 15.1. The van der Waals surface area contributed by atoms with Gasteiger partial charge in [-0.2, -0.15) is 0 Å². The fourth-order valence-electron chi connectivity index (χ4n) is 2.58. The quantitative estimate of drug-likeness (QED) is 0.411. The third kappa shape index (κ3) is 4.66. The van der Waals surface area contributed by atoms with E-state index in [-0.39, 0.29) is 22.2 Å². The molecule has 0 fully saturated rings. The third-order valence-electron chi connectivity index (χ3n) is 4.03. The molecular weight excluding hydrogens is 401 g/mol. The van der Waals surface area contributed by atoms with Gasteiger partial charge in [-0.1, -0.05) is 30.0 Å². The summed E-state index contributed by atoms with van der Waals surface area (Å²) < 4.78 is 39.8. The van der Waals surface area contributed by atoms with Gasteiger partial charge in [-0.3, -0.25) is 4.79 Å². The van der Waals surface area contributed by atoms with E-state index in [4.69, 9.17) is 0 Å². The zero-order chi connectivity index (χ0) is 20.1. The van der Waals surface area contributed by atoms with E-state index in [0.717, 1.165) is 0 Å². The highest BCUT2D eigenvalue weighted by Crippen LogP contribution is 2.21. The largest absolute Gasteiger partial charge is 0.305 e. The Morgan fingerprint density at radius 2 is 1.75 bits per heavy atom. The van der Waals surface area contributed by atoms with E-state index in [1.807, 2.05) is 6.92 Å². The van der Waals surface area contributed by atoms with Gasteiger partial charge in [0, 0.05) is 12.1 Å². The molecule has 1 aromatic heterocycles. The highest BCUT2D eigenvalue weighted by molar-refractivity contribution is 7.99. The van der Waals surface area contributed by atoms with Crippen LogP contribution in [0.15, 0.2) is 64.6 Å². The maximum absolute atomic E-state index is 13.0. The number of aromatic nitrogens is 3. The van der Waals surface area contributed by atoms with Crippen molar-refractivity contribution in [3.05, 3.63) is 71.8 Å². The summed E-state index contributed by atoms with van der Waals surface area (Å²) in [7, 11) is -3.55. The number of rotatable bonds is 8. The van der Waals surface area contributed by atoms with Crippen LogP contribution in [0.3, 0.4) is 0 Å². The minimum atomic E-state index is -3.55. The van der Waals surface area contributed by atoms with Crippen molar-refractivity contribution in [1.29, 1.82) is 0 Å². The lowest BCUT2D eigenvalue weighted by Crippen LogP contribution is -2.11. The minimum Gasteiger partial charge on any atom is -0.305 e. The molecule has 9 heteroatoms. The summed E-state index contributed by atoms with van der Waals surface area (Å²) in [6, 6.07) is 13.5. The van der Waals surface area contributed by atoms with Crippen molar-refractivity contribution in [2.75, 3.05) is 5.75 Å². The predicted octanol–water partition coefficient (Wildman–Crippen LogP) is 3.39. The van der Waals surface area contributed by atoms with Gasteiger partial charge < -0.3 is 4.57 Å². The third-order valence-corrected chi connectivity index (χ3v) is 6.63. The fourth-order valence-corrected chi connectivity index (χ4v) is 4.79. The average molecular weight is 420 g/mol. The highest BCUT2D eigenvalue weighted by Gasteiger charge is 2.21. The number of ketones is 1. The number of carbonyl (C=O) groups excluding carboxylic acids is 1. The maximum atomic E-state index is 13.0. The van der Waals surface area contributed by atoms with Gasteiger partial charge in [0.2, 0.25) is 0 Å². The number of nitrogens with zero attached hydrogens (tertiary/aromatic N) is 3. The summed E-state index contributed by atoms with van der Waals surface area (Å²) in [6.07, 6.45) is 0. The first kappa shape index (κ1) is 20.2. The molecule has 0 radical (unpaired) electrons. The second-order valence-electron chi connectivity index (χ2n) is 5.93. The smallest absolute Gasteiger partial charge is 0.191 e. The van der Waals surface area contributed by atoms with Gasteiger partial charge in [0.1, 0.15) is 17.4 Å². The number of halogens is 1. The predicted molar refractivity (Wildman–Crippen MR) is 104 cm³/mol. The van der Waals surface area contributed by atoms with Crippen LogP contribution in [0.1, 0.15) is 23.1 Å². The Morgan fingerprint density at radius 1 is 1.07 bits per heavy atom. The topological polar surface area (TPSA) is 81.9 Å². The van der Waals surface area contributed by atoms with Crippen LogP contribution in [0.2, 0.25) is 0 Å². The highest BCUT2D eigenvalue weighted by atomic mass is 32.2. The van der Waals surface area contributed by atoms with Crippen LogP contribution in [0.4, 0.5) is 4.39 Å². The second-order valence-corrected chi connectivity index (χ2v) is 8.87. The number of benzene rings is 2. The van der Waals surface area contributed by atoms with E-state index >= 15 is 0 Å².